The van der Waals surface area contributed by atoms with Gasteiger partial charge in [0.1, 0.15) is 0 Å². The van der Waals surface area contributed by atoms with E-state index in [0.29, 0.717) is 5.92 Å². The molecule has 0 unspecified atom stereocenters. The molecule has 0 aliphatic heterocycles. The SMILES string of the molecule is CN/C(=C\CCC(C)C)C(C)C. The van der Waals surface area contributed by atoms with Crippen LogP contribution in [0.4, 0.5) is 0 Å². The van der Waals surface area contributed by atoms with E-state index < -0.39 is 0 Å². The van der Waals surface area contributed by atoms with Crippen LogP contribution in [0.25, 0.3) is 0 Å². The maximum Gasteiger partial charge on any atom is 0.00894 e. The molecule has 0 spiro atoms. The van der Waals surface area contributed by atoms with E-state index in [1.54, 1.807) is 0 Å². The van der Waals surface area contributed by atoms with Crippen LogP contribution in [-0.4, -0.2) is 7.05 Å². The molecule has 72 valence electrons. The molecular weight excluding hydrogens is 146 g/mol. The first-order chi connectivity index (χ1) is 5.57. The van der Waals surface area contributed by atoms with Gasteiger partial charge in [0.2, 0.25) is 0 Å². The minimum atomic E-state index is 0.627. The van der Waals surface area contributed by atoms with E-state index in [0.717, 1.165) is 5.92 Å². The van der Waals surface area contributed by atoms with Gasteiger partial charge in [-0.25, -0.2) is 0 Å². The molecular formula is C11H23N. The highest BCUT2D eigenvalue weighted by Crippen LogP contribution is 2.10. The fraction of sp³-hybridized carbons (Fsp3) is 0.818. The van der Waals surface area contributed by atoms with Crippen molar-refractivity contribution < 1.29 is 0 Å². The first-order valence-corrected chi connectivity index (χ1v) is 4.95. The molecule has 0 saturated heterocycles. The third kappa shape index (κ3) is 5.22. The fourth-order valence-corrected chi connectivity index (χ4v) is 1.20. The van der Waals surface area contributed by atoms with Crippen molar-refractivity contribution in [2.75, 3.05) is 7.05 Å². The molecule has 0 amide bonds. The van der Waals surface area contributed by atoms with Gasteiger partial charge in [0, 0.05) is 12.7 Å². The predicted octanol–water partition coefficient (Wildman–Crippen LogP) is 3.18. The molecule has 0 aliphatic carbocycles. The Morgan fingerprint density at radius 2 is 1.83 bits per heavy atom. The number of hydrogen-bond acceptors (Lipinski definition) is 1. The van der Waals surface area contributed by atoms with Crippen LogP contribution in [-0.2, 0) is 0 Å². The lowest BCUT2D eigenvalue weighted by Gasteiger charge is -2.10. The van der Waals surface area contributed by atoms with Gasteiger partial charge >= 0.3 is 0 Å². The highest BCUT2D eigenvalue weighted by atomic mass is 14.8. The molecule has 1 nitrogen and oxygen atoms in total. The van der Waals surface area contributed by atoms with Crippen molar-refractivity contribution in [1.82, 2.24) is 5.32 Å². The lowest BCUT2D eigenvalue weighted by molar-refractivity contribution is 0.586. The monoisotopic (exact) mass is 169 g/mol. The topological polar surface area (TPSA) is 12.0 Å². The Hall–Kier alpha value is -0.460. The van der Waals surface area contributed by atoms with Crippen LogP contribution in [0.3, 0.4) is 0 Å². The minimum absolute atomic E-state index is 0.627. The Balaban J connectivity index is 3.78. The van der Waals surface area contributed by atoms with Crippen LogP contribution in [0.1, 0.15) is 40.5 Å². The Bertz CT molecular complexity index is 134. The summed E-state index contributed by atoms with van der Waals surface area (Å²) >= 11 is 0. The quantitative estimate of drug-likeness (QED) is 0.666. The summed E-state index contributed by atoms with van der Waals surface area (Å²) in [5.41, 5.74) is 1.37. The fourth-order valence-electron chi connectivity index (χ4n) is 1.20. The maximum atomic E-state index is 3.24. The smallest absolute Gasteiger partial charge is 0.00894 e. The van der Waals surface area contributed by atoms with E-state index in [2.05, 4.69) is 39.1 Å². The van der Waals surface area contributed by atoms with Crippen molar-refractivity contribution in [3.8, 4) is 0 Å². The van der Waals surface area contributed by atoms with Crippen LogP contribution in [0, 0.1) is 11.8 Å². The van der Waals surface area contributed by atoms with Gasteiger partial charge in [-0.2, -0.15) is 0 Å². The summed E-state index contributed by atoms with van der Waals surface area (Å²) in [4.78, 5) is 0. The lowest BCUT2D eigenvalue weighted by Crippen LogP contribution is -2.11. The average Bonchev–Trinajstić information content (AvgIpc) is 1.96. The predicted molar refractivity (Wildman–Crippen MR) is 56.1 cm³/mol. The zero-order valence-corrected chi connectivity index (χ0v) is 9.15. The summed E-state index contributed by atoms with van der Waals surface area (Å²) in [6.07, 6.45) is 4.81. The van der Waals surface area contributed by atoms with Gasteiger partial charge in [-0.05, 0) is 24.7 Å². The molecule has 0 atom stereocenters. The summed E-state index contributed by atoms with van der Waals surface area (Å²) in [5.74, 6) is 1.44. The first kappa shape index (κ1) is 11.5. The number of nitrogens with one attached hydrogen (secondary N) is 1. The van der Waals surface area contributed by atoms with Crippen molar-refractivity contribution in [3.05, 3.63) is 11.8 Å². The van der Waals surface area contributed by atoms with Gasteiger partial charge in [0.25, 0.3) is 0 Å². The lowest BCUT2D eigenvalue weighted by atomic mass is 10.0. The van der Waals surface area contributed by atoms with Gasteiger partial charge in [0.15, 0.2) is 0 Å². The van der Waals surface area contributed by atoms with Gasteiger partial charge in [0.05, 0.1) is 0 Å². The number of rotatable bonds is 5. The maximum absolute atomic E-state index is 3.24. The molecule has 0 fully saturated rings. The van der Waals surface area contributed by atoms with E-state index in [9.17, 15) is 0 Å². The van der Waals surface area contributed by atoms with E-state index in [1.165, 1.54) is 18.5 Å². The summed E-state index contributed by atoms with van der Waals surface area (Å²) in [6.45, 7) is 8.97. The van der Waals surface area contributed by atoms with Gasteiger partial charge in [-0.1, -0.05) is 33.8 Å². The van der Waals surface area contributed by atoms with E-state index in [-0.39, 0.29) is 0 Å². The van der Waals surface area contributed by atoms with Crippen molar-refractivity contribution in [3.63, 3.8) is 0 Å². The molecule has 0 rings (SSSR count). The van der Waals surface area contributed by atoms with Crippen LogP contribution in [0.15, 0.2) is 11.8 Å². The van der Waals surface area contributed by atoms with Gasteiger partial charge in [-0.3, -0.25) is 0 Å². The van der Waals surface area contributed by atoms with Crippen LogP contribution < -0.4 is 5.32 Å². The zero-order chi connectivity index (χ0) is 9.56. The third-order valence-corrected chi connectivity index (χ3v) is 2.02. The molecule has 0 saturated carbocycles. The summed E-state index contributed by atoms with van der Waals surface area (Å²) in [6, 6.07) is 0. The van der Waals surface area contributed by atoms with Crippen LogP contribution in [0.2, 0.25) is 0 Å². The van der Waals surface area contributed by atoms with Crippen LogP contribution in [0.5, 0.6) is 0 Å². The highest BCUT2D eigenvalue weighted by Gasteiger charge is 1.99. The molecule has 0 radical (unpaired) electrons. The first-order valence-electron chi connectivity index (χ1n) is 4.95. The molecule has 0 aromatic carbocycles. The number of hydrogen-bond donors (Lipinski definition) is 1. The van der Waals surface area contributed by atoms with E-state index in [4.69, 9.17) is 0 Å². The van der Waals surface area contributed by atoms with Crippen molar-refractivity contribution >= 4 is 0 Å². The number of allylic oxidation sites excluding steroid dienone is 2. The Kier molecular flexibility index (Phi) is 5.87. The van der Waals surface area contributed by atoms with Crippen LogP contribution >= 0.6 is 0 Å². The molecule has 0 aliphatic rings. The summed E-state index contributed by atoms with van der Waals surface area (Å²) in [5, 5.41) is 3.24. The minimum Gasteiger partial charge on any atom is -0.391 e. The van der Waals surface area contributed by atoms with Gasteiger partial charge in [-0.15, -0.1) is 0 Å². The van der Waals surface area contributed by atoms with E-state index in [1.807, 2.05) is 7.05 Å². The second-order valence-electron chi connectivity index (χ2n) is 4.04. The molecule has 1 heteroatoms. The molecule has 1 N–H and O–H groups in total. The zero-order valence-electron chi connectivity index (χ0n) is 9.15. The van der Waals surface area contributed by atoms with Gasteiger partial charge < -0.3 is 5.32 Å². The Morgan fingerprint density at radius 3 is 2.17 bits per heavy atom. The summed E-state index contributed by atoms with van der Waals surface area (Å²) < 4.78 is 0. The summed E-state index contributed by atoms with van der Waals surface area (Å²) in [7, 11) is 2.00. The average molecular weight is 169 g/mol. The standard InChI is InChI=1S/C11H23N/c1-9(2)7-6-8-11(12-5)10(3)4/h8-10,12H,6-7H2,1-5H3/b11-8-. The normalized spacial score (nSPS) is 12.8. The van der Waals surface area contributed by atoms with Crippen molar-refractivity contribution in [2.24, 2.45) is 11.8 Å². The highest BCUT2D eigenvalue weighted by molar-refractivity contribution is 5.01. The molecule has 0 aromatic heterocycles. The molecule has 12 heavy (non-hydrogen) atoms. The Labute approximate surface area is 77.2 Å². The second kappa shape index (κ2) is 6.10. The molecule has 0 bridgehead atoms. The molecule has 0 aromatic rings. The second-order valence-corrected chi connectivity index (χ2v) is 4.04. The van der Waals surface area contributed by atoms with E-state index >= 15 is 0 Å². The largest absolute Gasteiger partial charge is 0.391 e. The molecule has 0 heterocycles. The van der Waals surface area contributed by atoms with Crippen molar-refractivity contribution in [1.29, 1.82) is 0 Å². The third-order valence-electron chi connectivity index (χ3n) is 2.02. The van der Waals surface area contributed by atoms with Crippen molar-refractivity contribution in [2.45, 2.75) is 40.5 Å². The Morgan fingerprint density at radius 1 is 1.25 bits per heavy atom.